The minimum absolute atomic E-state index is 0.0246. The van der Waals surface area contributed by atoms with E-state index in [0.29, 0.717) is 6.04 Å². The van der Waals surface area contributed by atoms with E-state index < -0.39 is 0 Å². The monoisotopic (exact) mass is 256 g/mol. The Bertz CT molecular complexity index is 440. The van der Waals surface area contributed by atoms with Gasteiger partial charge in [0.15, 0.2) is 0 Å². The maximum atomic E-state index is 11.9. The van der Waals surface area contributed by atoms with E-state index in [0.717, 1.165) is 12.8 Å². The average molecular weight is 257 g/mol. The lowest BCUT2D eigenvalue weighted by Crippen LogP contribution is -2.39. The van der Waals surface area contributed by atoms with Gasteiger partial charge in [-0.15, -0.1) is 0 Å². The lowest BCUT2D eigenvalue weighted by Gasteiger charge is -2.15. The molecule has 0 aliphatic heterocycles. The third-order valence-electron chi connectivity index (χ3n) is 2.52. The zero-order chi connectivity index (χ0) is 12.4. The Morgan fingerprint density at radius 3 is 2.82 bits per heavy atom. The van der Waals surface area contributed by atoms with Gasteiger partial charge >= 0.3 is 0 Å². The molecule has 1 fully saturated rings. The lowest BCUT2D eigenvalue weighted by molar-refractivity contribution is -0.121. The van der Waals surface area contributed by atoms with E-state index in [1.807, 2.05) is 0 Å². The molecule has 0 radical (unpaired) electrons. The maximum absolute atomic E-state index is 11.9. The van der Waals surface area contributed by atoms with Crippen molar-refractivity contribution in [1.29, 1.82) is 0 Å². The number of carbonyl (C=O) groups excluding carboxylic acids is 2. The Hall–Kier alpha value is -1.49. The SMILES string of the molecule is CN(CC(=O)NC1CC1)C(=O)c1ccoc1Cl. The normalized spacial score (nSPS) is 14.5. The van der Waals surface area contributed by atoms with Gasteiger partial charge in [-0.2, -0.15) is 0 Å². The van der Waals surface area contributed by atoms with Gasteiger partial charge in [-0.3, -0.25) is 9.59 Å². The molecule has 0 atom stereocenters. The lowest BCUT2D eigenvalue weighted by atomic mass is 10.3. The number of carbonyl (C=O) groups is 2. The molecule has 17 heavy (non-hydrogen) atoms. The van der Waals surface area contributed by atoms with E-state index >= 15 is 0 Å². The fourth-order valence-electron chi connectivity index (χ4n) is 1.44. The van der Waals surface area contributed by atoms with Gasteiger partial charge in [0.25, 0.3) is 5.91 Å². The van der Waals surface area contributed by atoms with E-state index in [9.17, 15) is 9.59 Å². The second-order valence-corrected chi connectivity index (χ2v) is 4.45. The van der Waals surface area contributed by atoms with Crippen molar-refractivity contribution in [2.45, 2.75) is 18.9 Å². The van der Waals surface area contributed by atoms with Crippen molar-refractivity contribution in [3.63, 3.8) is 0 Å². The van der Waals surface area contributed by atoms with Gasteiger partial charge in [0.2, 0.25) is 11.1 Å². The number of hydrogen-bond donors (Lipinski definition) is 1. The summed E-state index contributed by atoms with van der Waals surface area (Å²) in [5.74, 6) is -0.474. The summed E-state index contributed by atoms with van der Waals surface area (Å²) in [5, 5.41) is 2.86. The smallest absolute Gasteiger partial charge is 0.258 e. The predicted octanol–water partition coefficient (Wildman–Crippen LogP) is 1.28. The number of hydrogen-bond acceptors (Lipinski definition) is 3. The van der Waals surface area contributed by atoms with Crippen molar-refractivity contribution in [1.82, 2.24) is 10.2 Å². The van der Waals surface area contributed by atoms with Crippen LogP contribution in [0.2, 0.25) is 5.22 Å². The molecule has 1 aromatic rings. The molecule has 92 valence electrons. The standard InChI is InChI=1S/C11H13ClN2O3/c1-14(6-9(15)13-7-2-3-7)11(16)8-4-5-17-10(8)12/h4-5,7H,2-3,6H2,1H3,(H,13,15). The third-order valence-corrected chi connectivity index (χ3v) is 2.81. The highest BCUT2D eigenvalue weighted by Gasteiger charge is 2.25. The van der Waals surface area contributed by atoms with Gasteiger partial charge < -0.3 is 14.6 Å². The van der Waals surface area contributed by atoms with Crippen LogP contribution in [0.5, 0.6) is 0 Å². The zero-order valence-corrected chi connectivity index (χ0v) is 10.2. The number of nitrogens with zero attached hydrogens (tertiary/aromatic N) is 1. The molecule has 1 N–H and O–H groups in total. The Kier molecular flexibility index (Phi) is 3.38. The highest BCUT2D eigenvalue weighted by molar-refractivity contribution is 6.32. The van der Waals surface area contributed by atoms with Gasteiger partial charge in [0, 0.05) is 13.1 Å². The highest BCUT2D eigenvalue weighted by Crippen LogP contribution is 2.19. The summed E-state index contributed by atoms with van der Waals surface area (Å²) < 4.78 is 4.83. The van der Waals surface area contributed by atoms with Crippen molar-refractivity contribution in [3.8, 4) is 0 Å². The molecule has 6 heteroatoms. The molecule has 0 spiro atoms. The van der Waals surface area contributed by atoms with Crippen LogP contribution in [0.25, 0.3) is 0 Å². The van der Waals surface area contributed by atoms with Gasteiger partial charge in [-0.05, 0) is 30.5 Å². The molecule has 5 nitrogen and oxygen atoms in total. The van der Waals surface area contributed by atoms with Gasteiger partial charge in [0.1, 0.15) is 0 Å². The van der Waals surface area contributed by atoms with Crippen molar-refractivity contribution < 1.29 is 14.0 Å². The Morgan fingerprint density at radius 1 is 1.59 bits per heavy atom. The van der Waals surface area contributed by atoms with Crippen LogP contribution in [-0.4, -0.2) is 36.3 Å². The van der Waals surface area contributed by atoms with Crippen LogP contribution in [0.15, 0.2) is 16.7 Å². The fourth-order valence-corrected chi connectivity index (χ4v) is 1.64. The highest BCUT2D eigenvalue weighted by atomic mass is 35.5. The van der Waals surface area contributed by atoms with Crippen molar-refractivity contribution in [2.75, 3.05) is 13.6 Å². The molecular formula is C11H13ClN2O3. The molecule has 1 aliphatic carbocycles. The Labute approximate surface area is 104 Å². The molecule has 1 aliphatic rings. The van der Waals surface area contributed by atoms with Gasteiger partial charge in [-0.25, -0.2) is 0 Å². The second kappa shape index (κ2) is 4.79. The molecule has 1 saturated carbocycles. The Morgan fingerprint density at radius 2 is 2.29 bits per heavy atom. The van der Waals surface area contributed by atoms with Gasteiger partial charge in [-0.1, -0.05) is 0 Å². The number of likely N-dealkylation sites (N-methyl/N-ethyl adjacent to an activating group) is 1. The first kappa shape index (κ1) is 12.0. The van der Waals surface area contributed by atoms with E-state index in [1.54, 1.807) is 7.05 Å². The first-order valence-electron chi connectivity index (χ1n) is 5.35. The van der Waals surface area contributed by atoms with Crippen LogP contribution in [0, 0.1) is 0 Å². The number of rotatable bonds is 4. The summed E-state index contributed by atoms with van der Waals surface area (Å²) in [7, 11) is 1.55. The van der Waals surface area contributed by atoms with Crippen molar-refractivity contribution >= 4 is 23.4 Å². The first-order chi connectivity index (χ1) is 8.08. The summed E-state index contributed by atoms with van der Waals surface area (Å²) in [5.41, 5.74) is 0.272. The molecule has 1 aromatic heterocycles. The molecule has 2 amide bonds. The minimum atomic E-state index is -0.324. The van der Waals surface area contributed by atoms with Crippen LogP contribution in [0.3, 0.4) is 0 Å². The van der Waals surface area contributed by atoms with Crippen LogP contribution < -0.4 is 5.32 Å². The molecule has 0 aromatic carbocycles. The van der Waals surface area contributed by atoms with Crippen LogP contribution >= 0.6 is 11.6 Å². The quantitative estimate of drug-likeness (QED) is 0.883. The summed E-state index contributed by atoms with van der Waals surface area (Å²) in [4.78, 5) is 24.7. The molecular weight excluding hydrogens is 244 g/mol. The summed E-state index contributed by atoms with van der Waals surface area (Å²) >= 11 is 5.69. The zero-order valence-electron chi connectivity index (χ0n) is 9.40. The summed E-state index contributed by atoms with van der Waals surface area (Å²) in [6, 6.07) is 1.78. The predicted molar refractivity (Wildman–Crippen MR) is 61.8 cm³/mol. The number of amides is 2. The number of furan rings is 1. The molecule has 0 saturated heterocycles. The fraction of sp³-hybridized carbons (Fsp3) is 0.455. The second-order valence-electron chi connectivity index (χ2n) is 4.11. The van der Waals surface area contributed by atoms with Crippen LogP contribution in [0.4, 0.5) is 0 Å². The van der Waals surface area contributed by atoms with Crippen molar-refractivity contribution in [2.24, 2.45) is 0 Å². The van der Waals surface area contributed by atoms with E-state index in [1.165, 1.54) is 17.2 Å². The van der Waals surface area contributed by atoms with Gasteiger partial charge in [0.05, 0.1) is 18.4 Å². The topological polar surface area (TPSA) is 62.6 Å². The minimum Gasteiger partial charge on any atom is -0.452 e. The van der Waals surface area contributed by atoms with Crippen LogP contribution in [-0.2, 0) is 4.79 Å². The average Bonchev–Trinajstić information content (AvgIpc) is 2.97. The van der Waals surface area contributed by atoms with E-state index in [4.69, 9.17) is 16.0 Å². The molecule has 0 unspecified atom stereocenters. The number of nitrogens with one attached hydrogen (secondary N) is 1. The van der Waals surface area contributed by atoms with Crippen molar-refractivity contribution in [3.05, 3.63) is 23.1 Å². The Balaban J connectivity index is 1.90. The summed E-state index contributed by atoms with van der Waals surface area (Å²) in [6.45, 7) is 0.0246. The first-order valence-corrected chi connectivity index (χ1v) is 5.73. The van der Waals surface area contributed by atoms with E-state index in [2.05, 4.69) is 5.32 Å². The van der Waals surface area contributed by atoms with Crippen LogP contribution in [0.1, 0.15) is 23.2 Å². The molecule has 1 heterocycles. The largest absolute Gasteiger partial charge is 0.452 e. The van der Waals surface area contributed by atoms with E-state index in [-0.39, 0.29) is 29.1 Å². The summed E-state index contributed by atoms with van der Waals surface area (Å²) in [6.07, 6.45) is 3.39. The maximum Gasteiger partial charge on any atom is 0.258 e. The molecule has 0 bridgehead atoms. The third kappa shape index (κ3) is 3.00. The number of halogens is 1. The molecule has 2 rings (SSSR count).